The molecule has 0 radical (unpaired) electrons. The van der Waals surface area contributed by atoms with Gasteiger partial charge in [-0.1, -0.05) is 6.42 Å². The minimum Gasteiger partial charge on any atom is -0.463 e. The van der Waals surface area contributed by atoms with Crippen molar-refractivity contribution >= 4 is 5.97 Å². The van der Waals surface area contributed by atoms with Crippen molar-refractivity contribution < 1.29 is 24.1 Å². The number of carbonyl (C=O) groups is 1. The fraction of sp³-hybridized carbons (Fsp3) is 0.923. The summed E-state index contributed by atoms with van der Waals surface area (Å²) in [5.41, 5.74) is 0. The van der Waals surface area contributed by atoms with Gasteiger partial charge in [-0.05, 0) is 19.3 Å². The summed E-state index contributed by atoms with van der Waals surface area (Å²) < 4.78 is 16.4. The van der Waals surface area contributed by atoms with Crippen LogP contribution in [0, 0.1) is 5.92 Å². The third kappa shape index (κ3) is 3.22. The smallest absolute Gasteiger partial charge is 0.305 e. The van der Waals surface area contributed by atoms with Gasteiger partial charge in [0.15, 0.2) is 5.79 Å². The van der Waals surface area contributed by atoms with E-state index in [1.54, 1.807) is 0 Å². The van der Waals surface area contributed by atoms with Crippen LogP contribution >= 0.6 is 0 Å². The average Bonchev–Trinajstić information content (AvgIpc) is 2.84. The summed E-state index contributed by atoms with van der Waals surface area (Å²) >= 11 is 0. The highest BCUT2D eigenvalue weighted by Gasteiger charge is 2.45. The molecule has 5 heteroatoms. The van der Waals surface area contributed by atoms with Crippen LogP contribution in [0.2, 0.25) is 0 Å². The molecule has 2 aliphatic rings. The zero-order valence-electron chi connectivity index (χ0n) is 10.7. The Kier molecular flexibility index (Phi) is 4.97. The van der Waals surface area contributed by atoms with E-state index >= 15 is 0 Å². The summed E-state index contributed by atoms with van der Waals surface area (Å²) in [7, 11) is 0. The van der Waals surface area contributed by atoms with Gasteiger partial charge in [-0.15, -0.1) is 0 Å². The van der Waals surface area contributed by atoms with Crippen LogP contribution < -0.4 is 0 Å². The first-order valence-electron chi connectivity index (χ1n) is 6.81. The van der Waals surface area contributed by atoms with Crippen LogP contribution in [-0.2, 0) is 19.0 Å². The summed E-state index contributed by atoms with van der Waals surface area (Å²) in [5.74, 6) is -0.395. The molecule has 0 aromatic heterocycles. The molecule has 1 N–H and O–H groups in total. The number of hydrogen-bond acceptors (Lipinski definition) is 5. The number of ether oxygens (including phenoxy) is 3. The maximum Gasteiger partial charge on any atom is 0.305 e. The predicted octanol–water partition coefficient (Wildman–Crippen LogP) is 1.24. The third-order valence-corrected chi connectivity index (χ3v) is 3.78. The quantitative estimate of drug-likeness (QED) is 0.751. The second-order valence-electron chi connectivity index (χ2n) is 4.93. The predicted molar refractivity (Wildman–Crippen MR) is 63.9 cm³/mol. The van der Waals surface area contributed by atoms with Crippen LogP contribution in [0.1, 0.15) is 38.5 Å². The van der Waals surface area contributed by atoms with Crippen LogP contribution in [0.25, 0.3) is 0 Å². The van der Waals surface area contributed by atoms with E-state index in [1.807, 2.05) is 0 Å². The molecule has 0 aromatic rings. The molecule has 0 bridgehead atoms. The second-order valence-corrected chi connectivity index (χ2v) is 4.93. The molecule has 1 aliphatic carbocycles. The topological polar surface area (TPSA) is 65.0 Å². The lowest BCUT2D eigenvalue weighted by atomic mass is 9.80. The molecule has 1 saturated heterocycles. The highest BCUT2D eigenvalue weighted by atomic mass is 16.7. The van der Waals surface area contributed by atoms with Crippen molar-refractivity contribution in [2.45, 2.75) is 44.3 Å². The number of rotatable bonds is 5. The number of aliphatic hydroxyl groups excluding tert-OH is 1. The van der Waals surface area contributed by atoms with E-state index in [0.717, 1.165) is 25.7 Å². The Balaban J connectivity index is 1.81. The fourth-order valence-electron chi connectivity index (χ4n) is 2.92. The third-order valence-electron chi connectivity index (χ3n) is 3.78. The Labute approximate surface area is 107 Å². The molecule has 1 saturated carbocycles. The van der Waals surface area contributed by atoms with Crippen molar-refractivity contribution in [3.8, 4) is 0 Å². The van der Waals surface area contributed by atoms with Gasteiger partial charge in [-0.3, -0.25) is 4.79 Å². The molecule has 0 aromatic carbocycles. The average molecular weight is 258 g/mol. The van der Waals surface area contributed by atoms with Gasteiger partial charge in [0, 0.05) is 18.8 Å². The van der Waals surface area contributed by atoms with Gasteiger partial charge in [-0.2, -0.15) is 0 Å². The Bertz CT molecular complexity index is 273. The van der Waals surface area contributed by atoms with Crippen molar-refractivity contribution in [2.24, 2.45) is 5.92 Å². The van der Waals surface area contributed by atoms with Crippen molar-refractivity contribution in [3.05, 3.63) is 0 Å². The monoisotopic (exact) mass is 258 g/mol. The van der Waals surface area contributed by atoms with E-state index in [9.17, 15) is 4.79 Å². The number of hydrogen-bond donors (Lipinski definition) is 1. The number of aliphatic hydroxyl groups is 1. The maximum atomic E-state index is 11.4. The van der Waals surface area contributed by atoms with Gasteiger partial charge in [0.1, 0.15) is 6.61 Å². The van der Waals surface area contributed by atoms with Crippen molar-refractivity contribution in [1.29, 1.82) is 0 Å². The minimum absolute atomic E-state index is 0.0850. The molecule has 1 atom stereocenters. The largest absolute Gasteiger partial charge is 0.463 e. The second kappa shape index (κ2) is 6.50. The summed E-state index contributed by atoms with van der Waals surface area (Å²) in [5, 5.41) is 8.58. The maximum absolute atomic E-state index is 11.4. The Morgan fingerprint density at radius 1 is 1.33 bits per heavy atom. The van der Waals surface area contributed by atoms with Crippen LogP contribution in [-0.4, -0.2) is 43.3 Å². The Hall–Kier alpha value is -0.650. The first-order valence-corrected chi connectivity index (χ1v) is 6.81. The molecule has 2 fully saturated rings. The zero-order valence-corrected chi connectivity index (χ0v) is 10.7. The lowest BCUT2D eigenvalue weighted by Gasteiger charge is -2.39. The van der Waals surface area contributed by atoms with Crippen molar-refractivity contribution in [3.63, 3.8) is 0 Å². The van der Waals surface area contributed by atoms with E-state index in [1.165, 1.54) is 6.42 Å². The van der Waals surface area contributed by atoms with Crippen molar-refractivity contribution in [1.82, 2.24) is 0 Å². The minimum atomic E-state index is -0.435. The van der Waals surface area contributed by atoms with Gasteiger partial charge in [-0.25, -0.2) is 0 Å². The fourth-order valence-corrected chi connectivity index (χ4v) is 2.92. The first kappa shape index (κ1) is 13.8. The van der Waals surface area contributed by atoms with Gasteiger partial charge in [0.25, 0.3) is 0 Å². The van der Waals surface area contributed by atoms with E-state index in [0.29, 0.717) is 19.6 Å². The molecule has 104 valence electrons. The highest BCUT2D eigenvalue weighted by Crippen LogP contribution is 2.42. The number of esters is 1. The molecule has 5 nitrogen and oxygen atoms in total. The van der Waals surface area contributed by atoms with Gasteiger partial charge >= 0.3 is 5.97 Å². The standard InChI is InChI=1S/C13H22O5/c14-7-8-16-12(15)5-4-11-3-1-2-6-13(11)17-9-10-18-13/h11,14H,1-10H2. The molecule has 18 heavy (non-hydrogen) atoms. The number of carbonyl (C=O) groups excluding carboxylic acids is 1. The SMILES string of the molecule is O=C(CCC1CCCCC12OCCO2)OCCO. The van der Waals surface area contributed by atoms with E-state index in [-0.39, 0.29) is 25.1 Å². The lowest BCUT2D eigenvalue weighted by molar-refractivity contribution is -0.214. The molecule has 1 aliphatic heterocycles. The first-order chi connectivity index (χ1) is 8.77. The Morgan fingerprint density at radius 2 is 2.11 bits per heavy atom. The van der Waals surface area contributed by atoms with E-state index in [2.05, 4.69) is 0 Å². The molecule has 2 rings (SSSR count). The highest BCUT2D eigenvalue weighted by molar-refractivity contribution is 5.69. The molecule has 1 heterocycles. The Morgan fingerprint density at radius 3 is 2.83 bits per heavy atom. The van der Waals surface area contributed by atoms with Crippen LogP contribution in [0.5, 0.6) is 0 Å². The zero-order chi connectivity index (χ0) is 12.8. The summed E-state index contributed by atoms with van der Waals surface area (Å²) in [6.45, 7) is 1.28. The molecular weight excluding hydrogens is 236 g/mol. The van der Waals surface area contributed by atoms with E-state index < -0.39 is 5.79 Å². The van der Waals surface area contributed by atoms with Crippen LogP contribution in [0.15, 0.2) is 0 Å². The van der Waals surface area contributed by atoms with Gasteiger partial charge < -0.3 is 19.3 Å². The summed E-state index contributed by atoms with van der Waals surface area (Å²) in [4.78, 5) is 11.4. The molecule has 1 unspecified atom stereocenters. The summed E-state index contributed by atoms with van der Waals surface area (Å²) in [6.07, 6.45) is 5.40. The molecule has 0 amide bonds. The van der Waals surface area contributed by atoms with Crippen LogP contribution in [0.4, 0.5) is 0 Å². The van der Waals surface area contributed by atoms with Crippen LogP contribution in [0.3, 0.4) is 0 Å². The molecular formula is C13H22O5. The summed E-state index contributed by atoms with van der Waals surface area (Å²) in [6, 6.07) is 0. The normalized spacial score (nSPS) is 26.4. The van der Waals surface area contributed by atoms with Gasteiger partial charge in [0.2, 0.25) is 0 Å². The van der Waals surface area contributed by atoms with Crippen molar-refractivity contribution in [2.75, 3.05) is 26.4 Å². The lowest BCUT2D eigenvalue weighted by Crippen LogP contribution is -2.42. The van der Waals surface area contributed by atoms with E-state index in [4.69, 9.17) is 19.3 Å². The molecule has 1 spiro atoms. The van der Waals surface area contributed by atoms with Gasteiger partial charge in [0.05, 0.1) is 19.8 Å².